The van der Waals surface area contributed by atoms with Gasteiger partial charge < -0.3 is 26.3 Å². The van der Waals surface area contributed by atoms with Crippen LogP contribution in [-0.4, -0.2) is 43.7 Å². The molecule has 0 radical (unpaired) electrons. The Morgan fingerprint density at radius 2 is 1.91 bits per heavy atom. The van der Waals surface area contributed by atoms with Crippen molar-refractivity contribution in [2.75, 3.05) is 26.0 Å². The molecule has 34 heavy (non-hydrogen) atoms. The van der Waals surface area contributed by atoms with E-state index in [1.807, 2.05) is 26.0 Å². The molecule has 0 aliphatic heterocycles. The summed E-state index contributed by atoms with van der Waals surface area (Å²) in [7, 11) is 3.10. The van der Waals surface area contributed by atoms with E-state index in [2.05, 4.69) is 10.6 Å². The van der Waals surface area contributed by atoms with Gasteiger partial charge in [-0.15, -0.1) is 0 Å². The van der Waals surface area contributed by atoms with Crippen LogP contribution in [0, 0.1) is 19.3 Å². The van der Waals surface area contributed by atoms with Crippen LogP contribution in [0.5, 0.6) is 5.75 Å². The van der Waals surface area contributed by atoms with Crippen LogP contribution >= 0.6 is 0 Å². The third kappa shape index (κ3) is 6.80. The van der Waals surface area contributed by atoms with Gasteiger partial charge in [-0.05, 0) is 56.2 Å². The minimum Gasteiger partial charge on any atom is -0.489 e. The Balaban J connectivity index is 0.00000578. The van der Waals surface area contributed by atoms with Crippen molar-refractivity contribution in [2.24, 2.45) is 5.84 Å². The molecule has 0 aliphatic carbocycles. The lowest BCUT2D eigenvalue weighted by Gasteiger charge is -2.18. The first-order valence-corrected chi connectivity index (χ1v) is 10.4. The number of hydrogen-bond acceptors (Lipinski definition) is 8. The van der Waals surface area contributed by atoms with Crippen molar-refractivity contribution in [3.8, 4) is 5.75 Å². The average molecular weight is 471 g/mol. The zero-order chi connectivity index (χ0) is 24.5. The fourth-order valence-electron chi connectivity index (χ4n) is 3.14. The molecule has 10 nitrogen and oxygen atoms in total. The number of rotatable bonds is 10. The number of hydrogen-bond donors (Lipinski definition) is 5. The van der Waals surface area contributed by atoms with Crippen molar-refractivity contribution in [2.45, 2.75) is 27.4 Å². The number of amides is 2. The van der Waals surface area contributed by atoms with Gasteiger partial charge in [0.2, 0.25) is 0 Å². The quantitative estimate of drug-likeness (QED) is 0.0675. The number of hydrazine groups is 1. The molecule has 8 N–H and O–H groups in total. The third-order valence-corrected chi connectivity index (χ3v) is 4.96. The van der Waals surface area contributed by atoms with Crippen LogP contribution in [0.4, 0.5) is 10.5 Å². The van der Waals surface area contributed by atoms with Gasteiger partial charge in [-0.3, -0.25) is 15.2 Å². The van der Waals surface area contributed by atoms with E-state index in [1.54, 1.807) is 38.2 Å². The summed E-state index contributed by atoms with van der Waals surface area (Å²) in [5.41, 5.74) is 3.94. The number of allylic oxidation sites excluding steroid dienone is 1. The zero-order valence-corrected chi connectivity index (χ0v) is 20.3. The highest BCUT2D eigenvalue weighted by atomic mass is 16.5. The third-order valence-electron chi connectivity index (χ3n) is 4.96. The van der Waals surface area contributed by atoms with Crippen LogP contribution in [0.15, 0.2) is 47.9 Å². The molecule has 0 bridgehead atoms. The molecule has 2 aromatic carbocycles. The molecule has 0 fully saturated rings. The lowest BCUT2D eigenvalue weighted by molar-refractivity contribution is -0.104. The highest BCUT2D eigenvalue weighted by Crippen LogP contribution is 2.26. The zero-order valence-electron chi connectivity index (χ0n) is 20.3. The molecule has 10 heteroatoms. The highest BCUT2D eigenvalue weighted by Gasteiger charge is 2.16. The van der Waals surface area contributed by atoms with E-state index in [9.17, 15) is 9.59 Å². The molecule has 0 heterocycles. The van der Waals surface area contributed by atoms with Gasteiger partial charge >= 0.3 is 6.03 Å². The van der Waals surface area contributed by atoms with Crippen molar-refractivity contribution in [3.05, 3.63) is 70.1 Å². The van der Waals surface area contributed by atoms with Crippen molar-refractivity contribution < 1.29 is 19.1 Å². The van der Waals surface area contributed by atoms with Crippen LogP contribution in [0.3, 0.4) is 0 Å². The maximum absolute atomic E-state index is 12.0. The van der Waals surface area contributed by atoms with Crippen molar-refractivity contribution in [1.29, 1.82) is 5.41 Å². The molecule has 0 saturated heterocycles. The number of benzene rings is 2. The summed E-state index contributed by atoms with van der Waals surface area (Å²) in [5, 5.41) is 15.0. The van der Waals surface area contributed by atoms with Crippen LogP contribution in [0.25, 0.3) is 0 Å². The van der Waals surface area contributed by atoms with Gasteiger partial charge in [-0.2, -0.15) is 0 Å². The molecule has 0 saturated carbocycles. The van der Waals surface area contributed by atoms with Crippen LogP contribution < -0.4 is 27.4 Å². The van der Waals surface area contributed by atoms with Crippen LogP contribution in [0.2, 0.25) is 0 Å². The Labute approximate surface area is 200 Å². The second-order valence-corrected chi connectivity index (χ2v) is 7.33. The lowest BCUT2D eigenvalue weighted by atomic mass is 10.0. The molecular formula is C24H34N6O4. The van der Waals surface area contributed by atoms with E-state index in [1.165, 1.54) is 7.05 Å². The Bertz CT molecular complexity index is 1070. The van der Waals surface area contributed by atoms with E-state index in [0.717, 1.165) is 21.7 Å². The first-order chi connectivity index (χ1) is 15.7. The molecule has 2 rings (SSSR count). The number of ether oxygens (including phenoxy) is 2. The topological polar surface area (TPSA) is 165 Å². The molecule has 2 amide bonds. The van der Waals surface area contributed by atoms with E-state index >= 15 is 0 Å². The van der Waals surface area contributed by atoms with Gasteiger partial charge in [0, 0.05) is 30.9 Å². The van der Waals surface area contributed by atoms with Crippen LogP contribution in [0.1, 0.15) is 29.2 Å². The van der Waals surface area contributed by atoms with Gasteiger partial charge in [0.05, 0.1) is 17.9 Å². The molecular weight excluding hydrogens is 436 g/mol. The molecule has 184 valence electrons. The molecule has 2 aromatic rings. The molecule has 0 unspecified atom stereocenters. The Morgan fingerprint density at radius 3 is 2.47 bits per heavy atom. The summed E-state index contributed by atoms with van der Waals surface area (Å²) in [4.78, 5) is 23.6. The number of carbonyl (C=O) groups is 2. The van der Waals surface area contributed by atoms with Crippen molar-refractivity contribution in [1.82, 2.24) is 16.5 Å². The van der Waals surface area contributed by atoms with Gasteiger partial charge in [0.1, 0.15) is 12.4 Å². The highest BCUT2D eigenvalue weighted by molar-refractivity contribution is 6.21. The van der Waals surface area contributed by atoms with Gasteiger partial charge in [-0.1, -0.05) is 12.1 Å². The first-order valence-electron chi connectivity index (χ1n) is 10.4. The van der Waals surface area contributed by atoms with Gasteiger partial charge in [0.15, 0.2) is 12.2 Å². The fraction of sp³-hybridized carbons (Fsp3) is 0.292. The predicted molar refractivity (Wildman–Crippen MR) is 133 cm³/mol. The number of nitrogens with two attached hydrogens (primary N) is 1. The summed E-state index contributed by atoms with van der Waals surface area (Å²) in [6, 6.07) is 10.4. The molecule has 0 aromatic heterocycles. The van der Waals surface area contributed by atoms with E-state index < -0.39 is 6.03 Å². The molecule has 0 aliphatic rings. The van der Waals surface area contributed by atoms with E-state index in [0.29, 0.717) is 29.9 Å². The number of aldehydes is 1. The molecule has 0 atom stereocenters. The maximum Gasteiger partial charge on any atom is 0.335 e. The summed E-state index contributed by atoms with van der Waals surface area (Å²) < 4.78 is 11.5. The fourth-order valence-corrected chi connectivity index (χ4v) is 3.14. The monoisotopic (exact) mass is 470 g/mol. The van der Waals surface area contributed by atoms with Crippen molar-refractivity contribution in [3.63, 3.8) is 0 Å². The Hall–Kier alpha value is -3.89. The summed E-state index contributed by atoms with van der Waals surface area (Å²) in [6.45, 7) is 6.20. The van der Waals surface area contributed by atoms with Gasteiger partial charge in [-0.25, -0.2) is 10.6 Å². The predicted octanol–water partition coefficient (Wildman–Crippen LogP) is 3.42. The summed E-state index contributed by atoms with van der Waals surface area (Å²) in [5.74, 6) is 6.39. The first kappa shape index (κ1) is 28.1. The Morgan fingerprint density at radius 1 is 1.21 bits per heavy atom. The number of carbonyl (C=O) groups excluding carboxylic acids is 2. The summed E-state index contributed by atoms with van der Waals surface area (Å²) in [6.07, 6.45) is 0.607. The number of nitrogens with zero attached hydrogens (tertiary/aromatic N) is 1. The average Bonchev–Trinajstić information content (AvgIpc) is 2.79. The largest absolute Gasteiger partial charge is 0.489 e. The SMILES string of the molecule is CCO/C(NC)=C(\C=O)C(=N)c1ccc(OCc2c(C)cccc2NC(=O)N(C)N)c(C)c1.N. The van der Waals surface area contributed by atoms with Crippen molar-refractivity contribution >= 4 is 23.7 Å². The lowest BCUT2D eigenvalue weighted by Crippen LogP contribution is -2.37. The second kappa shape index (κ2) is 13.0. The standard InChI is InChI=1S/C24H31N5O4.H3N/c1-6-32-23(27-4)18(13-30)22(25)17-10-11-21(16(3)12-17)33-14-19-15(2)8-7-9-20(19)28-24(31)29(5)26;/h7-13,25,27H,6,14,26H2,1-5H3,(H,28,31);1H3/b23-18+,25-22?;. The maximum atomic E-state index is 12.0. The van der Waals surface area contributed by atoms with E-state index in [-0.39, 0.29) is 29.9 Å². The molecule has 0 spiro atoms. The number of urea groups is 1. The van der Waals surface area contributed by atoms with E-state index in [4.69, 9.17) is 20.7 Å². The Kier molecular flexibility index (Phi) is 10.7. The van der Waals surface area contributed by atoms with Gasteiger partial charge in [0.25, 0.3) is 0 Å². The van der Waals surface area contributed by atoms with Crippen LogP contribution in [-0.2, 0) is 16.1 Å². The smallest absolute Gasteiger partial charge is 0.335 e. The number of aryl methyl sites for hydroxylation is 2. The number of anilines is 1. The number of nitrogens with one attached hydrogen (secondary N) is 3. The minimum absolute atomic E-state index is 0. The normalized spacial score (nSPS) is 10.9. The minimum atomic E-state index is -0.437. The summed E-state index contributed by atoms with van der Waals surface area (Å²) >= 11 is 0. The second-order valence-electron chi connectivity index (χ2n) is 7.33.